The number of hydrogen-bond acceptors (Lipinski definition) is 4. The number of ether oxygens (including phenoxy) is 1. The van der Waals surface area contributed by atoms with Crippen molar-refractivity contribution in [1.29, 1.82) is 0 Å². The Labute approximate surface area is 199 Å². The zero-order chi connectivity index (χ0) is 23.8. The van der Waals surface area contributed by atoms with Gasteiger partial charge in [0.15, 0.2) is 5.84 Å². The lowest BCUT2D eigenvalue weighted by Gasteiger charge is -2.19. The van der Waals surface area contributed by atoms with E-state index in [0.29, 0.717) is 17.9 Å². The fourth-order valence-electron chi connectivity index (χ4n) is 5.01. The highest BCUT2D eigenvalue weighted by molar-refractivity contribution is 5.97. The minimum absolute atomic E-state index is 0.0316. The molecule has 0 radical (unpaired) electrons. The molecule has 2 bridgehead atoms. The molecule has 1 amide bonds. The quantitative estimate of drug-likeness (QED) is 0.311. The standard InChI is InChI=1S/C28H29N3O3/c1-4-17-12-23-24(13-18(17)5-2)26-22-14-20(10-11-21(22)25(23)34-26)28(32)30-15-16-6-8-19(9-7-16)27(29)31-33-3/h6-14,25-26H,4-5,15H2,1-3H3,(H2,29,31)(H,30,32)/t25-,26+/m1/s1. The van der Waals surface area contributed by atoms with Crippen LogP contribution in [-0.4, -0.2) is 18.9 Å². The third-order valence-electron chi connectivity index (χ3n) is 6.81. The van der Waals surface area contributed by atoms with Gasteiger partial charge in [-0.3, -0.25) is 4.79 Å². The van der Waals surface area contributed by atoms with Crippen LogP contribution in [0.4, 0.5) is 0 Å². The fraction of sp³-hybridized carbons (Fsp3) is 0.286. The van der Waals surface area contributed by atoms with Crippen molar-refractivity contribution in [2.75, 3.05) is 7.11 Å². The second-order valence-corrected chi connectivity index (χ2v) is 8.74. The second-order valence-electron chi connectivity index (χ2n) is 8.74. The highest BCUT2D eigenvalue weighted by Gasteiger charge is 2.43. The maximum absolute atomic E-state index is 12.9. The topological polar surface area (TPSA) is 85.9 Å². The Kier molecular flexibility index (Phi) is 5.84. The van der Waals surface area contributed by atoms with Crippen LogP contribution in [0.3, 0.4) is 0 Å². The maximum Gasteiger partial charge on any atom is 0.251 e. The Morgan fingerprint density at radius 3 is 2.12 bits per heavy atom. The monoisotopic (exact) mass is 455 g/mol. The Morgan fingerprint density at radius 1 is 0.912 bits per heavy atom. The van der Waals surface area contributed by atoms with E-state index in [9.17, 15) is 4.79 Å². The van der Waals surface area contributed by atoms with Gasteiger partial charge in [0.1, 0.15) is 19.3 Å². The minimum atomic E-state index is -0.106. The number of hydrogen-bond donors (Lipinski definition) is 2. The van der Waals surface area contributed by atoms with Crippen molar-refractivity contribution < 1.29 is 14.4 Å². The van der Waals surface area contributed by atoms with Gasteiger partial charge in [0.05, 0.1) is 0 Å². The molecule has 0 fully saturated rings. The van der Waals surface area contributed by atoms with Gasteiger partial charge in [0, 0.05) is 17.7 Å². The molecule has 6 nitrogen and oxygen atoms in total. The van der Waals surface area contributed by atoms with Crippen molar-refractivity contribution in [3.8, 4) is 0 Å². The van der Waals surface area contributed by atoms with Crippen molar-refractivity contribution >= 4 is 11.7 Å². The summed E-state index contributed by atoms with van der Waals surface area (Å²) in [5, 5.41) is 6.74. The number of aryl methyl sites for hydroxylation is 2. The number of nitrogens with one attached hydrogen (secondary N) is 1. The number of fused-ring (bicyclic) bond motifs is 8. The summed E-state index contributed by atoms with van der Waals surface area (Å²) in [6, 6.07) is 18.1. The zero-order valence-electron chi connectivity index (χ0n) is 19.7. The van der Waals surface area contributed by atoms with Crippen LogP contribution < -0.4 is 11.1 Å². The normalized spacial score (nSPS) is 17.9. The van der Waals surface area contributed by atoms with Gasteiger partial charge >= 0.3 is 0 Å². The highest BCUT2D eigenvalue weighted by atomic mass is 16.6. The minimum Gasteiger partial charge on any atom is -0.397 e. The number of nitrogens with two attached hydrogens (primary N) is 1. The van der Waals surface area contributed by atoms with Crippen LogP contribution in [0, 0.1) is 0 Å². The van der Waals surface area contributed by atoms with Gasteiger partial charge in [-0.05, 0) is 63.9 Å². The first-order chi connectivity index (χ1) is 16.5. The predicted octanol–water partition coefficient (Wildman–Crippen LogP) is 4.53. The number of amidine groups is 1. The molecule has 2 aliphatic heterocycles. The van der Waals surface area contributed by atoms with Gasteiger partial charge in [-0.1, -0.05) is 61.5 Å². The summed E-state index contributed by atoms with van der Waals surface area (Å²) >= 11 is 0. The summed E-state index contributed by atoms with van der Waals surface area (Å²) in [7, 11) is 1.45. The van der Waals surface area contributed by atoms with Crippen LogP contribution in [0.5, 0.6) is 0 Å². The molecule has 0 spiro atoms. The summed E-state index contributed by atoms with van der Waals surface area (Å²) in [6.07, 6.45) is 1.91. The largest absolute Gasteiger partial charge is 0.397 e. The molecule has 2 heterocycles. The number of rotatable bonds is 7. The third kappa shape index (κ3) is 3.74. The molecule has 3 N–H and O–H groups in total. The molecule has 3 aromatic rings. The van der Waals surface area contributed by atoms with Crippen LogP contribution in [0.15, 0.2) is 59.8 Å². The van der Waals surface area contributed by atoms with Crippen LogP contribution >= 0.6 is 0 Å². The van der Waals surface area contributed by atoms with E-state index in [-0.39, 0.29) is 18.1 Å². The van der Waals surface area contributed by atoms with E-state index in [1.54, 1.807) is 0 Å². The molecule has 34 heavy (non-hydrogen) atoms. The highest BCUT2D eigenvalue weighted by Crippen LogP contribution is 2.54. The first-order valence-electron chi connectivity index (χ1n) is 11.7. The van der Waals surface area contributed by atoms with Gasteiger partial charge in [-0.25, -0.2) is 0 Å². The summed E-state index contributed by atoms with van der Waals surface area (Å²) in [5.74, 6) is 0.206. The van der Waals surface area contributed by atoms with Crippen molar-refractivity contribution in [3.63, 3.8) is 0 Å². The fourth-order valence-corrected chi connectivity index (χ4v) is 5.01. The molecule has 2 aliphatic rings. The number of carbonyl (C=O) groups is 1. The molecule has 0 saturated carbocycles. The van der Waals surface area contributed by atoms with Crippen molar-refractivity contribution in [1.82, 2.24) is 5.32 Å². The first-order valence-corrected chi connectivity index (χ1v) is 11.7. The van der Waals surface area contributed by atoms with Gasteiger partial charge in [-0.15, -0.1) is 0 Å². The Bertz CT molecular complexity index is 1280. The third-order valence-corrected chi connectivity index (χ3v) is 6.81. The first kappa shape index (κ1) is 22.2. The number of carbonyl (C=O) groups excluding carboxylic acids is 1. The number of nitrogens with zero attached hydrogens (tertiary/aromatic N) is 1. The molecule has 2 atom stereocenters. The molecule has 174 valence electrons. The van der Waals surface area contributed by atoms with E-state index in [0.717, 1.165) is 29.5 Å². The number of oxime groups is 1. The van der Waals surface area contributed by atoms with Gasteiger partial charge < -0.3 is 20.6 Å². The zero-order valence-corrected chi connectivity index (χ0v) is 19.7. The number of benzene rings is 3. The summed E-state index contributed by atoms with van der Waals surface area (Å²) in [4.78, 5) is 17.6. The molecule has 6 heteroatoms. The summed E-state index contributed by atoms with van der Waals surface area (Å²) < 4.78 is 6.36. The Balaban J connectivity index is 1.31. The maximum atomic E-state index is 12.9. The Hall–Kier alpha value is -3.64. The lowest BCUT2D eigenvalue weighted by Crippen LogP contribution is -2.23. The molecule has 5 rings (SSSR count). The van der Waals surface area contributed by atoms with Crippen molar-refractivity contribution in [3.05, 3.63) is 105 Å². The van der Waals surface area contributed by atoms with Crippen LogP contribution in [-0.2, 0) is 29.0 Å². The van der Waals surface area contributed by atoms with Crippen LogP contribution in [0.25, 0.3) is 0 Å². The molecule has 0 unspecified atom stereocenters. The number of amides is 1. The van der Waals surface area contributed by atoms with Gasteiger partial charge in [-0.2, -0.15) is 0 Å². The average Bonchev–Trinajstić information content (AvgIpc) is 3.43. The summed E-state index contributed by atoms with van der Waals surface area (Å²) in [5.41, 5.74) is 15.8. The van der Waals surface area contributed by atoms with E-state index in [1.165, 1.54) is 34.9 Å². The van der Waals surface area contributed by atoms with E-state index >= 15 is 0 Å². The van der Waals surface area contributed by atoms with Crippen LogP contribution in [0.1, 0.15) is 80.9 Å². The molecular formula is C28H29N3O3. The molecular weight excluding hydrogens is 426 g/mol. The van der Waals surface area contributed by atoms with E-state index < -0.39 is 0 Å². The van der Waals surface area contributed by atoms with Gasteiger partial charge in [0.2, 0.25) is 0 Å². The van der Waals surface area contributed by atoms with Crippen LogP contribution in [0.2, 0.25) is 0 Å². The molecule has 3 aromatic carbocycles. The molecule has 0 saturated heterocycles. The van der Waals surface area contributed by atoms with E-state index in [2.05, 4.69) is 36.5 Å². The lowest BCUT2D eigenvalue weighted by atomic mass is 9.82. The average molecular weight is 456 g/mol. The van der Waals surface area contributed by atoms with E-state index in [1.807, 2.05) is 42.5 Å². The smallest absolute Gasteiger partial charge is 0.251 e. The lowest BCUT2D eigenvalue weighted by molar-refractivity contribution is 0.0857. The second kappa shape index (κ2) is 8.95. The Morgan fingerprint density at radius 2 is 1.50 bits per heavy atom. The predicted molar refractivity (Wildman–Crippen MR) is 132 cm³/mol. The summed E-state index contributed by atoms with van der Waals surface area (Å²) in [6.45, 7) is 4.82. The van der Waals surface area contributed by atoms with Crippen molar-refractivity contribution in [2.45, 2.75) is 45.4 Å². The van der Waals surface area contributed by atoms with E-state index in [4.69, 9.17) is 15.3 Å². The molecule has 0 aliphatic carbocycles. The van der Waals surface area contributed by atoms with Crippen molar-refractivity contribution in [2.24, 2.45) is 10.9 Å². The molecule has 0 aromatic heterocycles. The SMILES string of the molecule is CCc1cc2c(cc1CC)[C@H]1O[C@@H]2c2ccc(C(=O)NCc3ccc(C(N)=NOC)cc3)cc21. The van der Waals surface area contributed by atoms with Gasteiger partial charge in [0.25, 0.3) is 5.91 Å².